The number of benzene rings is 2. The Balaban J connectivity index is 2.21. The number of carbonyl (C=O) groups is 1. The van der Waals surface area contributed by atoms with Gasteiger partial charge in [0.2, 0.25) is 0 Å². The van der Waals surface area contributed by atoms with Crippen LogP contribution in [0.5, 0.6) is 0 Å². The molecule has 0 spiro atoms. The Bertz CT molecular complexity index is 641. The Labute approximate surface area is 122 Å². The van der Waals surface area contributed by atoms with Crippen molar-refractivity contribution in [1.29, 1.82) is 0 Å². The van der Waals surface area contributed by atoms with Gasteiger partial charge in [-0.1, -0.05) is 12.1 Å². The van der Waals surface area contributed by atoms with Crippen LogP contribution < -0.4 is 10.6 Å². The van der Waals surface area contributed by atoms with Crippen molar-refractivity contribution in [2.75, 3.05) is 24.8 Å². The molecule has 0 unspecified atom stereocenters. The maximum absolute atomic E-state index is 12.9. The van der Waals surface area contributed by atoms with Crippen molar-refractivity contribution in [2.45, 2.75) is 6.54 Å². The average molecular weight is 288 g/mol. The van der Waals surface area contributed by atoms with Crippen LogP contribution in [0, 0.1) is 5.82 Å². The number of carbonyl (C=O) groups excluding carboxylic acids is 1. The van der Waals surface area contributed by atoms with E-state index in [1.807, 2.05) is 18.0 Å². The van der Waals surface area contributed by atoms with Crippen molar-refractivity contribution < 1.29 is 13.9 Å². The number of methoxy groups -OCH3 is 1. The highest BCUT2D eigenvalue weighted by atomic mass is 19.1. The van der Waals surface area contributed by atoms with E-state index >= 15 is 0 Å². The largest absolute Gasteiger partial charge is 0.465 e. The fourth-order valence-electron chi connectivity index (χ4n) is 2.02. The lowest BCUT2D eigenvalue weighted by atomic mass is 10.1. The first kappa shape index (κ1) is 14.8. The van der Waals surface area contributed by atoms with Gasteiger partial charge in [-0.3, -0.25) is 0 Å². The molecule has 2 rings (SSSR count). The van der Waals surface area contributed by atoms with Gasteiger partial charge in [-0.25, -0.2) is 9.18 Å². The molecule has 5 heteroatoms. The van der Waals surface area contributed by atoms with Gasteiger partial charge in [0, 0.05) is 25.0 Å². The van der Waals surface area contributed by atoms with Gasteiger partial charge >= 0.3 is 5.97 Å². The van der Waals surface area contributed by atoms with Crippen molar-refractivity contribution in [3.63, 3.8) is 0 Å². The lowest BCUT2D eigenvalue weighted by Gasteiger charge is -2.20. The van der Waals surface area contributed by atoms with Crippen LogP contribution in [-0.4, -0.2) is 20.1 Å². The molecule has 2 aromatic rings. The molecule has 0 radical (unpaired) electrons. The van der Waals surface area contributed by atoms with E-state index < -0.39 is 5.97 Å². The average Bonchev–Trinajstić information content (AvgIpc) is 2.49. The second kappa shape index (κ2) is 6.26. The van der Waals surface area contributed by atoms with E-state index in [0.29, 0.717) is 17.8 Å². The minimum absolute atomic E-state index is 0.262. The van der Waals surface area contributed by atoms with Gasteiger partial charge in [0.05, 0.1) is 12.7 Å². The lowest BCUT2D eigenvalue weighted by molar-refractivity contribution is 0.0602. The molecule has 21 heavy (non-hydrogen) atoms. The van der Waals surface area contributed by atoms with Crippen molar-refractivity contribution in [3.05, 3.63) is 59.4 Å². The summed E-state index contributed by atoms with van der Waals surface area (Å²) in [6, 6.07) is 11.5. The number of ether oxygens (including phenoxy) is 1. The van der Waals surface area contributed by atoms with Crippen molar-refractivity contribution >= 4 is 17.3 Å². The normalized spacial score (nSPS) is 10.2. The molecule has 0 heterocycles. The summed E-state index contributed by atoms with van der Waals surface area (Å²) in [6.07, 6.45) is 0. The minimum atomic E-state index is -0.468. The number of nitrogen functional groups attached to an aromatic ring is 1. The fourth-order valence-corrected chi connectivity index (χ4v) is 2.02. The third-order valence-corrected chi connectivity index (χ3v) is 3.22. The highest BCUT2D eigenvalue weighted by Gasteiger charge is 2.12. The lowest BCUT2D eigenvalue weighted by Crippen LogP contribution is -2.17. The zero-order valence-electron chi connectivity index (χ0n) is 12.0. The van der Waals surface area contributed by atoms with E-state index in [1.165, 1.54) is 19.2 Å². The molecule has 0 amide bonds. The Kier molecular flexibility index (Phi) is 4.42. The summed E-state index contributed by atoms with van der Waals surface area (Å²) in [5.74, 6) is -0.730. The number of esters is 1. The Hall–Kier alpha value is -2.56. The van der Waals surface area contributed by atoms with Crippen LogP contribution in [-0.2, 0) is 11.3 Å². The minimum Gasteiger partial charge on any atom is -0.465 e. The summed E-state index contributed by atoms with van der Waals surface area (Å²) < 4.78 is 17.6. The Morgan fingerprint density at radius 2 is 1.90 bits per heavy atom. The van der Waals surface area contributed by atoms with Gasteiger partial charge in [0.1, 0.15) is 5.82 Å². The molecule has 2 N–H and O–H groups in total. The Morgan fingerprint density at radius 1 is 1.24 bits per heavy atom. The van der Waals surface area contributed by atoms with Crippen LogP contribution in [0.2, 0.25) is 0 Å². The standard InChI is InChI=1S/C16H17FN2O2/c1-19(10-11-3-5-12(17)6-4-11)13-7-8-15(18)14(9-13)16(20)21-2/h3-9H,10,18H2,1-2H3. The summed E-state index contributed by atoms with van der Waals surface area (Å²) in [7, 11) is 3.20. The predicted molar refractivity (Wildman–Crippen MR) is 80.7 cm³/mol. The van der Waals surface area contributed by atoms with Gasteiger partial charge in [-0.2, -0.15) is 0 Å². The smallest absolute Gasteiger partial charge is 0.340 e. The highest BCUT2D eigenvalue weighted by Crippen LogP contribution is 2.22. The first-order valence-corrected chi connectivity index (χ1v) is 6.44. The predicted octanol–water partition coefficient (Wildman–Crippen LogP) is 2.83. The second-order valence-electron chi connectivity index (χ2n) is 4.75. The van der Waals surface area contributed by atoms with Gasteiger partial charge < -0.3 is 15.4 Å². The second-order valence-corrected chi connectivity index (χ2v) is 4.75. The number of hydrogen-bond acceptors (Lipinski definition) is 4. The molecule has 0 aliphatic heterocycles. The zero-order valence-corrected chi connectivity index (χ0v) is 12.0. The molecule has 0 atom stereocenters. The molecular weight excluding hydrogens is 271 g/mol. The zero-order chi connectivity index (χ0) is 15.4. The molecule has 2 aromatic carbocycles. The van der Waals surface area contributed by atoms with Crippen LogP contribution in [0.4, 0.5) is 15.8 Å². The number of nitrogens with zero attached hydrogens (tertiary/aromatic N) is 1. The van der Waals surface area contributed by atoms with Crippen LogP contribution in [0.15, 0.2) is 42.5 Å². The van der Waals surface area contributed by atoms with Gasteiger partial charge in [-0.15, -0.1) is 0 Å². The summed E-state index contributed by atoms with van der Waals surface area (Å²) >= 11 is 0. The number of nitrogens with two attached hydrogens (primary N) is 1. The van der Waals surface area contributed by atoms with E-state index in [-0.39, 0.29) is 5.82 Å². The van der Waals surface area contributed by atoms with Crippen LogP contribution >= 0.6 is 0 Å². The Morgan fingerprint density at radius 3 is 2.52 bits per heavy atom. The number of rotatable bonds is 4. The molecule has 0 aliphatic rings. The molecule has 0 fully saturated rings. The fraction of sp³-hybridized carbons (Fsp3) is 0.188. The van der Waals surface area contributed by atoms with Crippen molar-refractivity contribution in [2.24, 2.45) is 0 Å². The summed E-state index contributed by atoms with van der Waals surface area (Å²) in [5, 5.41) is 0. The first-order chi connectivity index (χ1) is 10.0. The first-order valence-electron chi connectivity index (χ1n) is 6.44. The van der Waals surface area contributed by atoms with Gasteiger partial charge in [-0.05, 0) is 35.9 Å². The van der Waals surface area contributed by atoms with Crippen LogP contribution in [0.1, 0.15) is 15.9 Å². The van der Waals surface area contributed by atoms with E-state index in [9.17, 15) is 9.18 Å². The van der Waals surface area contributed by atoms with Crippen LogP contribution in [0.3, 0.4) is 0 Å². The molecular formula is C16H17FN2O2. The van der Waals surface area contributed by atoms with Crippen molar-refractivity contribution in [1.82, 2.24) is 0 Å². The number of halogens is 1. The van der Waals surface area contributed by atoms with E-state index in [2.05, 4.69) is 0 Å². The van der Waals surface area contributed by atoms with Crippen molar-refractivity contribution in [3.8, 4) is 0 Å². The maximum atomic E-state index is 12.9. The SMILES string of the molecule is COC(=O)c1cc(N(C)Cc2ccc(F)cc2)ccc1N. The molecule has 0 aromatic heterocycles. The third kappa shape index (κ3) is 3.51. The number of hydrogen-bond donors (Lipinski definition) is 1. The summed E-state index contributed by atoms with van der Waals surface area (Å²) in [4.78, 5) is 13.6. The molecule has 0 saturated carbocycles. The topological polar surface area (TPSA) is 55.6 Å². The van der Waals surface area contributed by atoms with Gasteiger partial charge in [0.15, 0.2) is 0 Å². The molecule has 4 nitrogen and oxygen atoms in total. The summed E-state index contributed by atoms with van der Waals surface area (Å²) in [6.45, 7) is 0.588. The third-order valence-electron chi connectivity index (χ3n) is 3.22. The molecule has 0 aliphatic carbocycles. The highest BCUT2D eigenvalue weighted by molar-refractivity contribution is 5.96. The monoisotopic (exact) mass is 288 g/mol. The van der Waals surface area contributed by atoms with E-state index in [4.69, 9.17) is 10.5 Å². The van der Waals surface area contributed by atoms with Crippen LogP contribution in [0.25, 0.3) is 0 Å². The maximum Gasteiger partial charge on any atom is 0.340 e. The number of anilines is 2. The molecule has 0 saturated heterocycles. The van der Waals surface area contributed by atoms with Gasteiger partial charge in [0.25, 0.3) is 0 Å². The summed E-state index contributed by atoms with van der Waals surface area (Å²) in [5.41, 5.74) is 8.28. The molecule has 110 valence electrons. The molecule has 0 bridgehead atoms. The quantitative estimate of drug-likeness (QED) is 0.694. The van der Waals surface area contributed by atoms with E-state index in [0.717, 1.165) is 11.3 Å². The van der Waals surface area contributed by atoms with E-state index in [1.54, 1.807) is 24.3 Å².